The van der Waals surface area contributed by atoms with Crippen LogP contribution in [0.5, 0.6) is 17.2 Å². The molecule has 5 rings (SSSR count). The van der Waals surface area contributed by atoms with E-state index in [9.17, 15) is 5.11 Å². The van der Waals surface area contributed by atoms with Crippen LogP contribution >= 0.6 is 11.6 Å². The van der Waals surface area contributed by atoms with Crippen molar-refractivity contribution in [1.82, 2.24) is 9.99 Å². The second-order valence-electron chi connectivity index (χ2n) is 6.97. The number of benzene rings is 2. The lowest BCUT2D eigenvalue weighted by atomic mass is 9.96. The molecular weight excluding hydrogens is 390 g/mol. The van der Waals surface area contributed by atoms with Gasteiger partial charge in [0.15, 0.2) is 11.5 Å². The Hall–Kier alpha value is -3.25. The molecule has 0 saturated carbocycles. The topological polar surface area (TPSA) is 67.2 Å². The number of nitrogens with zero attached hydrogens (tertiary/aromatic N) is 3. The molecule has 3 aromatic rings. The third-order valence-electron chi connectivity index (χ3n) is 5.23. The van der Waals surface area contributed by atoms with Gasteiger partial charge in [-0.2, -0.15) is 5.10 Å². The first-order valence-electron chi connectivity index (χ1n) is 9.23. The number of phenolic OH excluding ortho intramolecular Hbond substituents is 1. The van der Waals surface area contributed by atoms with Crippen molar-refractivity contribution in [2.45, 2.75) is 18.7 Å². The first-order chi connectivity index (χ1) is 14.1. The van der Waals surface area contributed by atoms with Crippen molar-refractivity contribution >= 4 is 17.3 Å². The highest BCUT2D eigenvalue weighted by Crippen LogP contribution is 2.48. The van der Waals surface area contributed by atoms with Crippen LogP contribution in [0.4, 0.5) is 0 Å². The van der Waals surface area contributed by atoms with Gasteiger partial charge in [-0.25, -0.2) is 5.01 Å². The number of aromatic nitrogens is 1. The number of ether oxygens (including phenoxy) is 2. The van der Waals surface area contributed by atoms with E-state index in [4.69, 9.17) is 26.2 Å². The van der Waals surface area contributed by atoms with E-state index in [0.717, 1.165) is 28.2 Å². The lowest BCUT2D eigenvalue weighted by molar-refractivity contribution is -0.0192. The minimum Gasteiger partial charge on any atom is -0.504 e. The van der Waals surface area contributed by atoms with Gasteiger partial charge in [-0.3, -0.25) is 4.98 Å². The van der Waals surface area contributed by atoms with E-state index in [1.807, 2.05) is 41.4 Å². The Bertz CT molecular complexity index is 1100. The smallest absolute Gasteiger partial charge is 0.215 e. The van der Waals surface area contributed by atoms with Crippen LogP contribution in [-0.2, 0) is 0 Å². The molecule has 146 valence electrons. The molecule has 2 atom stereocenters. The maximum Gasteiger partial charge on any atom is 0.215 e. The fourth-order valence-corrected chi connectivity index (χ4v) is 4.01. The van der Waals surface area contributed by atoms with Crippen LogP contribution in [0.25, 0.3) is 0 Å². The van der Waals surface area contributed by atoms with Gasteiger partial charge in [0, 0.05) is 40.5 Å². The number of halogens is 1. The molecule has 0 amide bonds. The van der Waals surface area contributed by atoms with Gasteiger partial charge < -0.3 is 14.6 Å². The molecule has 2 unspecified atom stereocenters. The SMILES string of the molecule is COc1cc(C2=NN3C(C2)c2cc(Cl)ccc2OC3c2cccnc2)ccc1O. The van der Waals surface area contributed by atoms with E-state index in [1.54, 1.807) is 24.5 Å². The standard InChI is InChI=1S/C22H18ClN3O3/c1-28-21-9-13(4-6-19(21)27)17-11-18-16-10-15(23)5-7-20(16)29-22(26(18)25-17)14-3-2-8-24-12-14/h2-10,12,18,22,27H,11H2,1H3. The molecule has 0 saturated heterocycles. The first kappa shape index (κ1) is 17.8. The number of hydrogen-bond acceptors (Lipinski definition) is 6. The van der Waals surface area contributed by atoms with Crippen LogP contribution < -0.4 is 9.47 Å². The van der Waals surface area contributed by atoms with Crippen molar-refractivity contribution < 1.29 is 14.6 Å². The molecule has 1 N–H and O–H groups in total. The zero-order valence-electron chi connectivity index (χ0n) is 15.6. The van der Waals surface area contributed by atoms with Gasteiger partial charge >= 0.3 is 0 Å². The average molecular weight is 408 g/mol. The fourth-order valence-electron chi connectivity index (χ4n) is 3.83. The Labute approximate surface area is 173 Å². The first-order valence-corrected chi connectivity index (χ1v) is 9.61. The van der Waals surface area contributed by atoms with Crippen molar-refractivity contribution in [2.75, 3.05) is 7.11 Å². The summed E-state index contributed by atoms with van der Waals surface area (Å²) in [5.41, 5.74) is 3.70. The van der Waals surface area contributed by atoms with E-state index in [1.165, 1.54) is 7.11 Å². The monoisotopic (exact) mass is 407 g/mol. The van der Waals surface area contributed by atoms with E-state index < -0.39 is 0 Å². The minimum absolute atomic E-state index is 0.0162. The van der Waals surface area contributed by atoms with Gasteiger partial charge in [0.1, 0.15) is 5.75 Å². The maximum absolute atomic E-state index is 9.92. The molecule has 1 aromatic heterocycles. The Morgan fingerprint density at radius 2 is 2.10 bits per heavy atom. The molecule has 0 aliphatic carbocycles. The summed E-state index contributed by atoms with van der Waals surface area (Å²) in [5.74, 6) is 1.31. The number of rotatable bonds is 3. The number of hydrogen-bond donors (Lipinski definition) is 1. The summed E-state index contributed by atoms with van der Waals surface area (Å²) >= 11 is 6.27. The third-order valence-corrected chi connectivity index (χ3v) is 5.47. The van der Waals surface area contributed by atoms with Crippen LogP contribution in [0, 0.1) is 0 Å². The molecule has 0 spiro atoms. The Morgan fingerprint density at radius 1 is 1.21 bits per heavy atom. The number of methoxy groups -OCH3 is 1. The largest absolute Gasteiger partial charge is 0.504 e. The zero-order chi connectivity index (χ0) is 20.0. The Kier molecular flexibility index (Phi) is 4.28. The zero-order valence-corrected chi connectivity index (χ0v) is 16.4. The van der Waals surface area contributed by atoms with E-state index >= 15 is 0 Å². The van der Waals surface area contributed by atoms with Gasteiger partial charge in [-0.1, -0.05) is 17.7 Å². The fraction of sp³-hybridized carbons (Fsp3) is 0.182. The van der Waals surface area contributed by atoms with Crippen LogP contribution in [0.3, 0.4) is 0 Å². The lowest BCUT2D eigenvalue weighted by Crippen LogP contribution is -2.33. The van der Waals surface area contributed by atoms with Crippen LogP contribution in [0.15, 0.2) is 66.0 Å². The summed E-state index contributed by atoms with van der Waals surface area (Å²) in [4.78, 5) is 4.23. The molecule has 2 aliphatic heterocycles. The number of hydrazone groups is 1. The summed E-state index contributed by atoms with van der Waals surface area (Å²) in [6.45, 7) is 0. The summed E-state index contributed by atoms with van der Waals surface area (Å²) in [6, 6.07) is 14.8. The molecule has 0 radical (unpaired) electrons. The number of pyridine rings is 1. The second kappa shape index (κ2) is 6.97. The van der Waals surface area contributed by atoms with Crippen molar-refractivity contribution in [3.8, 4) is 17.2 Å². The molecule has 6 nitrogen and oxygen atoms in total. The van der Waals surface area contributed by atoms with E-state index in [-0.39, 0.29) is 18.0 Å². The minimum atomic E-state index is -0.390. The van der Waals surface area contributed by atoms with E-state index in [0.29, 0.717) is 17.2 Å². The van der Waals surface area contributed by atoms with Gasteiger partial charge in [0.05, 0.1) is 18.9 Å². The number of aromatic hydroxyl groups is 1. The highest BCUT2D eigenvalue weighted by molar-refractivity contribution is 6.30. The van der Waals surface area contributed by atoms with Crippen molar-refractivity contribution in [1.29, 1.82) is 0 Å². The Balaban J connectivity index is 1.60. The molecule has 0 bridgehead atoms. The molecule has 3 heterocycles. The van der Waals surface area contributed by atoms with Gasteiger partial charge in [0.2, 0.25) is 6.23 Å². The summed E-state index contributed by atoms with van der Waals surface area (Å²) < 4.78 is 11.5. The van der Waals surface area contributed by atoms with Crippen LogP contribution in [0.2, 0.25) is 5.02 Å². The summed E-state index contributed by atoms with van der Waals surface area (Å²) in [7, 11) is 1.53. The van der Waals surface area contributed by atoms with Crippen molar-refractivity contribution in [3.63, 3.8) is 0 Å². The van der Waals surface area contributed by atoms with Crippen LogP contribution in [-0.4, -0.2) is 27.9 Å². The molecule has 2 aromatic carbocycles. The average Bonchev–Trinajstić information content (AvgIpc) is 3.20. The molecule has 7 heteroatoms. The molecule has 29 heavy (non-hydrogen) atoms. The Morgan fingerprint density at radius 3 is 2.90 bits per heavy atom. The van der Waals surface area contributed by atoms with Gasteiger partial charge in [-0.05, 0) is 42.5 Å². The van der Waals surface area contributed by atoms with E-state index in [2.05, 4.69) is 4.98 Å². The highest BCUT2D eigenvalue weighted by atomic mass is 35.5. The molecular formula is C22H18ClN3O3. The predicted molar refractivity (Wildman–Crippen MR) is 109 cm³/mol. The molecule has 0 fully saturated rings. The maximum atomic E-state index is 9.92. The summed E-state index contributed by atoms with van der Waals surface area (Å²) in [6.07, 6.45) is 3.82. The summed E-state index contributed by atoms with van der Waals surface area (Å²) in [5, 5.41) is 17.4. The highest BCUT2D eigenvalue weighted by Gasteiger charge is 2.41. The van der Waals surface area contributed by atoms with Gasteiger partial charge in [-0.15, -0.1) is 0 Å². The van der Waals surface area contributed by atoms with Gasteiger partial charge in [0.25, 0.3) is 0 Å². The number of fused-ring (bicyclic) bond motifs is 3. The van der Waals surface area contributed by atoms with Crippen LogP contribution in [0.1, 0.15) is 35.4 Å². The normalized spacial score (nSPS) is 19.8. The van der Waals surface area contributed by atoms with Crippen molar-refractivity contribution in [3.05, 3.63) is 82.6 Å². The number of phenols is 1. The van der Waals surface area contributed by atoms with Crippen molar-refractivity contribution in [2.24, 2.45) is 5.10 Å². The predicted octanol–water partition coefficient (Wildman–Crippen LogP) is 4.69. The lowest BCUT2D eigenvalue weighted by Gasteiger charge is -2.38. The second-order valence-corrected chi connectivity index (χ2v) is 7.41. The third kappa shape index (κ3) is 3.06. The quantitative estimate of drug-likeness (QED) is 0.682. The molecule has 2 aliphatic rings.